The van der Waals surface area contributed by atoms with E-state index in [4.69, 9.17) is 0 Å². The van der Waals surface area contributed by atoms with E-state index in [1.165, 1.54) is 18.5 Å². The fourth-order valence-electron chi connectivity index (χ4n) is 8.06. The molecule has 0 aromatic carbocycles. The largest absolute Gasteiger partial charge is 0.346 e. The Morgan fingerprint density at radius 1 is 0.417 bits per heavy atom. The fraction of sp³-hybridized carbons (Fsp3) is 0.970. The minimum atomic E-state index is -1.35. The van der Waals surface area contributed by atoms with Gasteiger partial charge in [0.2, 0.25) is 0 Å². The Balaban J connectivity index is 0. The molecule has 0 aromatic rings. The summed E-state index contributed by atoms with van der Waals surface area (Å²) in [6.45, 7) is 55.5. The predicted octanol–water partition coefficient (Wildman–Crippen LogP) is 12.4. The SMILES string of the molecule is CC1(C)CC(C)(C)C(C)(C)C(C)(C)[Si](C)(C)CC1(C)C.CC1(C)C[Si](C)(C)C(C)(C)C1(C)C.[CH2-]C.[Rf]. The van der Waals surface area contributed by atoms with Crippen LogP contribution in [0.3, 0.4) is 0 Å². The molecular formula is C33H71RfSi2-. The summed E-state index contributed by atoms with van der Waals surface area (Å²) in [7, 11) is -2.39. The van der Waals surface area contributed by atoms with Gasteiger partial charge in [0, 0.05) is 0 Å². The van der Waals surface area contributed by atoms with Crippen LogP contribution < -0.4 is 0 Å². The summed E-state index contributed by atoms with van der Waals surface area (Å²) >= 11 is 0. The minimum absolute atomic E-state index is 0. The van der Waals surface area contributed by atoms with Crippen LogP contribution in [0.5, 0.6) is 0 Å². The standard InChI is InChI=1S/C19H40Si.C12H26Si.C2H5.Rf/c1-15(2)13-16(3,4)18(7,8)19(9,10)20(11,12)14-17(15,5)6;1-10(2)9-13(7,8)12(5,6)11(10,3)4;1-2;/h13-14H2,1-12H3;9H2,1-8H3;1H2,2H3;/q;;-1;. The monoisotopic (exact) mass is 791 g/mol. The van der Waals surface area contributed by atoms with Crippen LogP contribution in [0.2, 0.25) is 48.4 Å². The van der Waals surface area contributed by atoms with E-state index in [9.17, 15) is 0 Å². The Bertz CT molecular complexity index is 669. The zero-order valence-corrected chi connectivity index (χ0v) is 37.9. The van der Waals surface area contributed by atoms with Gasteiger partial charge in [-0.05, 0) is 49.0 Å². The second-order valence-corrected chi connectivity index (χ2v) is 29.1. The van der Waals surface area contributed by atoms with Crippen LogP contribution in [0.4, 0.5) is 0 Å². The molecule has 0 aliphatic carbocycles. The van der Waals surface area contributed by atoms with E-state index in [0.717, 1.165) is 0 Å². The summed E-state index contributed by atoms with van der Waals surface area (Å²) < 4.78 is 0. The van der Waals surface area contributed by atoms with E-state index >= 15 is 0 Å². The Kier molecular flexibility index (Phi) is 10.3. The summed E-state index contributed by atoms with van der Waals surface area (Å²) in [5.41, 5.74) is 2.55. The molecular weight excluding hydrogens is 720 g/mol. The van der Waals surface area contributed by atoms with Gasteiger partial charge >= 0.3 is 0 Å². The van der Waals surface area contributed by atoms with Crippen molar-refractivity contribution in [1.29, 1.82) is 0 Å². The van der Waals surface area contributed by atoms with Gasteiger partial charge in [-0.1, -0.05) is 149 Å². The zero-order chi connectivity index (χ0) is 29.1. The van der Waals surface area contributed by atoms with Crippen LogP contribution in [0.1, 0.15) is 124 Å². The predicted molar refractivity (Wildman–Crippen MR) is 171 cm³/mol. The molecule has 2 rings (SSSR count). The molecule has 0 spiro atoms. The van der Waals surface area contributed by atoms with Crippen molar-refractivity contribution < 1.29 is 0 Å². The first kappa shape index (κ1) is 37.6. The molecule has 0 bridgehead atoms. The van der Waals surface area contributed by atoms with Crippen molar-refractivity contribution in [3.8, 4) is 0 Å². The molecule has 0 aromatic heterocycles. The van der Waals surface area contributed by atoms with Gasteiger partial charge in [-0.25, -0.2) is 0 Å². The average Bonchev–Trinajstić information content (AvgIpc) is 2.67. The third-order valence-corrected chi connectivity index (χ3v) is 25.9. The summed E-state index contributed by atoms with van der Waals surface area (Å²) in [5.74, 6) is 0. The maximum absolute atomic E-state index is 3.25. The third kappa shape index (κ3) is 5.44. The summed E-state index contributed by atoms with van der Waals surface area (Å²) in [6, 6.07) is 2.90. The molecule has 0 unspecified atom stereocenters. The Hall–Kier alpha value is -0.566. The quantitative estimate of drug-likeness (QED) is 0.169. The number of hydrogen-bond donors (Lipinski definition) is 0. The molecule has 0 N–H and O–H groups in total. The van der Waals surface area contributed by atoms with Crippen LogP contribution in [-0.2, 0) is 0 Å². The molecule has 0 radical (unpaired) electrons. The van der Waals surface area contributed by atoms with Crippen LogP contribution in [-0.4, -0.2) is 16.1 Å². The number of hydrogen-bond acceptors (Lipinski definition) is 0. The first-order valence-corrected chi connectivity index (χ1v) is 21.0. The topological polar surface area (TPSA) is 0 Å². The molecule has 2 aliphatic heterocycles. The van der Waals surface area contributed by atoms with E-state index in [-0.39, 0.29) is 0 Å². The van der Waals surface area contributed by atoms with Gasteiger partial charge in [-0.15, -0.1) is 0 Å². The summed E-state index contributed by atoms with van der Waals surface area (Å²) in [6.07, 6.45) is 1.31. The van der Waals surface area contributed by atoms with Crippen molar-refractivity contribution in [1.82, 2.24) is 0 Å². The Morgan fingerprint density at radius 2 is 0.667 bits per heavy atom. The normalized spacial score (nSPS) is 30.5. The molecule has 2 aliphatic rings. The second-order valence-electron chi connectivity index (χ2n) is 18.3. The van der Waals surface area contributed by atoms with Gasteiger partial charge in [0.1, 0.15) is 0 Å². The number of rotatable bonds is 0. The molecule has 0 nitrogen and oxygen atoms in total. The molecule has 0 atom stereocenters. The minimum Gasteiger partial charge on any atom is -0.346 e. The van der Waals surface area contributed by atoms with Crippen molar-refractivity contribution in [3.63, 3.8) is 0 Å². The Labute approximate surface area is 227 Å². The van der Waals surface area contributed by atoms with Crippen molar-refractivity contribution in [2.45, 2.75) is 172 Å². The zero-order valence-electron chi connectivity index (χ0n) is 29.5. The second kappa shape index (κ2) is 9.87. The molecule has 2 saturated heterocycles. The molecule has 0 amide bonds. The van der Waals surface area contributed by atoms with Crippen LogP contribution in [0, 0.1) is 39.4 Å². The van der Waals surface area contributed by atoms with Gasteiger partial charge in [-0.2, -0.15) is 6.92 Å². The van der Waals surface area contributed by atoms with E-state index in [2.05, 4.69) is 144 Å². The summed E-state index contributed by atoms with van der Waals surface area (Å²) in [5, 5.41) is 1.00. The molecule has 3 heteroatoms. The molecule has 0 saturated carbocycles. The van der Waals surface area contributed by atoms with Crippen molar-refractivity contribution in [2.24, 2.45) is 32.5 Å². The smallest absolute Gasteiger partial charge is 0.0541 e. The van der Waals surface area contributed by atoms with Gasteiger partial charge in [0.25, 0.3) is 0 Å². The van der Waals surface area contributed by atoms with Crippen molar-refractivity contribution in [2.75, 3.05) is 0 Å². The maximum Gasteiger partial charge on any atom is 0.0541 e. The van der Waals surface area contributed by atoms with Gasteiger partial charge in [0.15, 0.2) is 0 Å². The van der Waals surface area contributed by atoms with Gasteiger partial charge < -0.3 is 6.92 Å². The molecule has 36 heavy (non-hydrogen) atoms. The fourth-order valence-corrected chi connectivity index (χ4v) is 18.3. The van der Waals surface area contributed by atoms with E-state index in [1.54, 1.807) is 6.92 Å². The third-order valence-electron chi connectivity index (χ3n) is 14.4. The average molecular weight is 791 g/mol. The van der Waals surface area contributed by atoms with E-state index < -0.39 is 16.1 Å². The van der Waals surface area contributed by atoms with Gasteiger partial charge in [0.05, 0.1) is 16.1 Å². The van der Waals surface area contributed by atoms with Crippen molar-refractivity contribution >= 4 is 16.1 Å². The van der Waals surface area contributed by atoms with Gasteiger partial charge in [-0.3, -0.25) is 0 Å². The van der Waals surface area contributed by atoms with Crippen LogP contribution in [0.15, 0.2) is 0 Å². The summed E-state index contributed by atoms with van der Waals surface area (Å²) in [4.78, 5) is 0. The molecule has 2 heterocycles. The van der Waals surface area contributed by atoms with E-state index in [0.29, 0.717) is 42.6 Å². The first-order valence-electron chi connectivity index (χ1n) is 14.6. The Morgan fingerprint density at radius 3 is 0.917 bits per heavy atom. The molecule has 2 fully saturated rings. The maximum atomic E-state index is 3.25. The first-order chi connectivity index (χ1) is 14.9. The van der Waals surface area contributed by atoms with Crippen LogP contribution >= 0.6 is 0 Å². The van der Waals surface area contributed by atoms with E-state index in [1.807, 2.05) is 0 Å². The molecule has 214 valence electrons. The van der Waals surface area contributed by atoms with Crippen LogP contribution in [0.25, 0.3) is 0 Å². The van der Waals surface area contributed by atoms with Crippen molar-refractivity contribution in [3.05, 3.63) is 6.92 Å².